The molecule has 1 aromatic heterocycles. The van der Waals surface area contributed by atoms with Crippen LogP contribution in [0.25, 0.3) is 0 Å². The lowest BCUT2D eigenvalue weighted by Gasteiger charge is -2.35. The molecule has 104 valence electrons. The summed E-state index contributed by atoms with van der Waals surface area (Å²) in [5, 5.41) is 16.2. The standard InChI is InChI=1S/C14H14ClN3OS/c15-13(5-6-13)14(19)7-10-3-1-2-4-11(10)20-12-16-9-17-18(12)8-14/h1-4,9,19H,5-8H2. The van der Waals surface area contributed by atoms with Crippen LogP contribution >= 0.6 is 23.4 Å². The van der Waals surface area contributed by atoms with Crippen LogP contribution in [0.15, 0.2) is 40.6 Å². The Morgan fingerprint density at radius 2 is 2.10 bits per heavy atom. The molecule has 2 aromatic rings. The van der Waals surface area contributed by atoms with E-state index in [1.807, 2.05) is 12.1 Å². The van der Waals surface area contributed by atoms with Gasteiger partial charge in [0.2, 0.25) is 0 Å². The van der Waals surface area contributed by atoms with Gasteiger partial charge in [0.1, 0.15) is 11.9 Å². The Bertz CT molecular complexity index is 670. The first kappa shape index (κ1) is 12.7. The van der Waals surface area contributed by atoms with E-state index in [9.17, 15) is 5.11 Å². The van der Waals surface area contributed by atoms with Crippen LogP contribution in [0.1, 0.15) is 18.4 Å². The molecule has 0 bridgehead atoms. The van der Waals surface area contributed by atoms with Crippen molar-refractivity contribution in [2.75, 3.05) is 0 Å². The molecule has 0 spiro atoms. The van der Waals surface area contributed by atoms with Crippen molar-refractivity contribution in [2.24, 2.45) is 0 Å². The Hall–Kier alpha value is -1.04. The zero-order valence-electron chi connectivity index (χ0n) is 10.8. The molecule has 6 heteroatoms. The van der Waals surface area contributed by atoms with E-state index < -0.39 is 10.5 Å². The highest BCUT2D eigenvalue weighted by atomic mass is 35.5. The summed E-state index contributed by atoms with van der Waals surface area (Å²) in [4.78, 5) is 4.88. The molecule has 1 saturated carbocycles. The van der Waals surface area contributed by atoms with E-state index in [-0.39, 0.29) is 0 Å². The molecule has 1 aliphatic carbocycles. The van der Waals surface area contributed by atoms with Crippen LogP contribution < -0.4 is 0 Å². The second-order valence-electron chi connectivity index (χ2n) is 5.58. The lowest BCUT2D eigenvalue weighted by molar-refractivity contribution is 0.00424. The van der Waals surface area contributed by atoms with E-state index in [0.29, 0.717) is 13.0 Å². The maximum atomic E-state index is 11.2. The number of halogens is 1. The van der Waals surface area contributed by atoms with Crippen LogP contribution in [-0.4, -0.2) is 30.3 Å². The number of fused-ring (bicyclic) bond motifs is 2. The average molecular weight is 308 g/mol. The van der Waals surface area contributed by atoms with Crippen molar-refractivity contribution in [1.29, 1.82) is 0 Å². The van der Waals surface area contributed by atoms with Crippen molar-refractivity contribution >= 4 is 23.4 Å². The highest BCUT2D eigenvalue weighted by Crippen LogP contribution is 2.54. The molecule has 20 heavy (non-hydrogen) atoms. The average Bonchev–Trinajstić information content (AvgIpc) is 3.04. The lowest BCUT2D eigenvalue weighted by atomic mass is 9.89. The van der Waals surface area contributed by atoms with Crippen molar-refractivity contribution in [3.8, 4) is 0 Å². The van der Waals surface area contributed by atoms with Gasteiger partial charge in [-0.05, 0) is 36.2 Å². The van der Waals surface area contributed by atoms with Crippen molar-refractivity contribution in [2.45, 2.75) is 46.3 Å². The molecule has 0 saturated heterocycles. The number of hydrogen-bond donors (Lipinski definition) is 1. The van der Waals surface area contributed by atoms with Gasteiger partial charge in [-0.25, -0.2) is 9.67 Å². The SMILES string of the molecule is OC1(C2(Cl)CC2)Cc2ccccc2Sc2ncnn2C1. The van der Waals surface area contributed by atoms with E-state index >= 15 is 0 Å². The van der Waals surface area contributed by atoms with Gasteiger partial charge in [0.15, 0.2) is 5.16 Å². The van der Waals surface area contributed by atoms with Gasteiger partial charge in [-0.1, -0.05) is 18.2 Å². The number of rotatable bonds is 1. The minimum absolute atomic E-state index is 0.396. The summed E-state index contributed by atoms with van der Waals surface area (Å²) in [5.41, 5.74) is 0.148. The molecule has 0 radical (unpaired) electrons. The molecule has 2 heterocycles. The normalized spacial score (nSPS) is 27.1. The molecule has 1 fully saturated rings. The number of alkyl halides is 1. The Morgan fingerprint density at radius 1 is 1.30 bits per heavy atom. The van der Waals surface area contributed by atoms with Crippen LogP contribution in [-0.2, 0) is 13.0 Å². The summed E-state index contributed by atoms with van der Waals surface area (Å²) in [6.07, 6.45) is 3.79. The summed E-state index contributed by atoms with van der Waals surface area (Å²) < 4.78 is 1.77. The molecule has 4 nitrogen and oxygen atoms in total. The first-order chi connectivity index (χ1) is 9.60. The van der Waals surface area contributed by atoms with Crippen LogP contribution in [0.5, 0.6) is 0 Å². The van der Waals surface area contributed by atoms with Crippen molar-refractivity contribution < 1.29 is 5.11 Å². The molecule has 1 aromatic carbocycles. The van der Waals surface area contributed by atoms with Gasteiger partial charge in [0.05, 0.1) is 11.4 Å². The zero-order valence-corrected chi connectivity index (χ0v) is 12.4. The number of aliphatic hydroxyl groups is 1. The third kappa shape index (κ3) is 1.88. The number of nitrogens with zero attached hydrogens (tertiary/aromatic N) is 3. The van der Waals surface area contributed by atoms with E-state index in [1.165, 1.54) is 6.33 Å². The van der Waals surface area contributed by atoms with Crippen LogP contribution in [0, 0.1) is 0 Å². The van der Waals surface area contributed by atoms with E-state index in [1.54, 1.807) is 16.4 Å². The fourth-order valence-corrected chi connectivity index (χ4v) is 3.94. The summed E-state index contributed by atoms with van der Waals surface area (Å²) in [5.74, 6) is 0. The molecule has 0 amide bonds. The molecular formula is C14H14ClN3OS. The van der Waals surface area contributed by atoms with Gasteiger partial charge >= 0.3 is 0 Å². The molecule has 1 N–H and O–H groups in total. The monoisotopic (exact) mass is 307 g/mol. The van der Waals surface area contributed by atoms with Gasteiger partial charge in [0.25, 0.3) is 0 Å². The maximum Gasteiger partial charge on any atom is 0.191 e. The Labute approximate surface area is 126 Å². The molecular weight excluding hydrogens is 294 g/mol. The van der Waals surface area contributed by atoms with Gasteiger partial charge in [-0.15, -0.1) is 11.6 Å². The smallest absolute Gasteiger partial charge is 0.191 e. The number of benzene rings is 1. The summed E-state index contributed by atoms with van der Waals surface area (Å²) in [7, 11) is 0. The van der Waals surface area contributed by atoms with Gasteiger partial charge < -0.3 is 5.11 Å². The second kappa shape index (κ2) is 4.23. The number of hydrogen-bond acceptors (Lipinski definition) is 4. The first-order valence-corrected chi connectivity index (χ1v) is 7.84. The highest BCUT2D eigenvalue weighted by molar-refractivity contribution is 7.99. The van der Waals surface area contributed by atoms with E-state index in [0.717, 1.165) is 28.5 Å². The van der Waals surface area contributed by atoms with E-state index in [2.05, 4.69) is 22.2 Å². The maximum absolute atomic E-state index is 11.2. The fourth-order valence-electron chi connectivity index (χ4n) is 2.78. The summed E-state index contributed by atoms with van der Waals surface area (Å²) >= 11 is 8.16. The quantitative estimate of drug-likeness (QED) is 0.822. The molecule has 2 aliphatic rings. The van der Waals surface area contributed by atoms with Crippen LogP contribution in [0.4, 0.5) is 0 Å². The highest BCUT2D eigenvalue weighted by Gasteiger charge is 2.58. The minimum Gasteiger partial charge on any atom is -0.386 e. The van der Waals surface area contributed by atoms with Gasteiger partial charge in [-0.2, -0.15) is 5.10 Å². The predicted octanol–water partition coefficient (Wildman–Crippen LogP) is 2.49. The zero-order chi connectivity index (χ0) is 13.8. The minimum atomic E-state index is -0.978. The van der Waals surface area contributed by atoms with Crippen molar-refractivity contribution in [3.05, 3.63) is 36.2 Å². The van der Waals surface area contributed by atoms with Gasteiger partial charge in [0, 0.05) is 11.3 Å². The third-order valence-corrected chi connectivity index (χ3v) is 6.02. The molecule has 1 atom stereocenters. The van der Waals surface area contributed by atoms with E-state index in [4.69, 9.17) is 11.6 Å². The lowest BCUT2D eigenvalue weighted by Crippen LogP contribution is -2.47. The first-order valence-electron chi connectivity index (χ1n) is 6.65. The van der Waals surface area contributed by atoms with Crippen molar-refractivity contribution in [3.63, 3.8) is 0 Å². The Balaban J connectivity index is 1.86. The van der Waals surface area contributed by atoms with Crippen LogP contribution in [0.2, 0.25) is 0 Å². The Kier molecular flexibility index (Phi) is 2.68. The largest absolute Gasteiger partial charge is 0.386 e. The predicted molar refractivity (Wildman–Crippen MR) is 77.1 cm³/mol. The molecule has 1 unspecified atom stereocenters. The third-order valence-electron chi connectivity index (χ3n) is 4.17. The fraction of sp³-hybridized carbons (Fsp3) is 0.429. The summed E-state index contributed by atoms with van der Waals surface area (Å²) in [6, 6.07) is 8.11. The number of aromatic nitrogens is 3. The van der Waals surface area contributed by atoms with Gasteiger partial charge in [-0.3, -0.25) is 0 Å². The topological polar surface area (TPSA) is 50.9 Å². The molecule has 4 rings (SSSR count). The molecule has 1 aliphatic heterocycles. The second-order valence-corrected chi connectivity index (χ2v) is 7.32. The summed E-state index contributed by atoms with van der Waals surface area (Å²) in [6.45, 7) is 0.396. The Morgan fingerprint density at radius 3 is 2.90 bits per heavy atom. The van der Waals surface area contributed by atoms with Crippen LogP contribution in [0.3, 0.4) is 0 Å². The van der Waals surface area contributed by atoms with Crippen molar-refractivity contribution in [1.82, 2.24) is 14.8 Å².